The van der Waals surface area contributed by atoms with E-state index in [0.29, 0.717) is 0 Å². The van der Waals surface area contributed by atoms with Gasteiger partial charge in [0.15, 0.2) is 0 Å². The first kappa shape index (κ1) is 12.4. The van der Waals surface area contributed by atoms with Gasteiger partial charge in [-0.2, -0.15) is 0 Å². The Kier molecular flexibility index (Phi) is 3.46. The van der Waals surface area contributed by atoms with Crippen LogP contribution >= 0.6 is 0 Å². The van der Waals surface area contributed by atoms with Gasteiger partial charge in [0.1, 0.15) is 5.82 Å². The fraction of sp³-hybridized carbons (Fsp3) is 0.0556. The van der Waals surface area contributed by atoms with Gasteiger partial charge in [-0.15, -0.1) is 0 Å². The van der Waals surface area contributed by atoms with E-state index in [1.807, 2.05) is 0 Å². The highest BCUT2D eigenvalue weighted by Crippen LogP contribution is 2.35. The summed E-state index contributed by atoms with van der Waals surface area (Å²) in [4.78, 5) is 6.72. The molecule has 0 unspecified atom stereocenters. The molecule has 0 saturated carbocycles. The molecule has 20 heavy (non-hydrogen) atoms. The normalized spacial score (nSPS) is 11.0. The van der Waals surface area contributed by atoms with Gasteiger partial charge < -0.3 is 4.98 Å². The van der Waals surface area contributed by atoms with Gasteiger partial charge in [-0.3, -0.25) is 0 Å². The molecule has 0 saturated heterocycles. The highest BCUT2D eigenvalue weighted by atomic mass is 14.9. The molecule has 0 aliphatic heterocycles. The summed E-state index contributed by atoms with van der Waals surface area (Å²) >= 11 is 0. The van der Waals surface area contributed by atoms with Crippen molar-refractivity contribution >= 4 is 6.08 Å². The number of aromatic amines is 1. The van der Waals surface area contributed by atoms with Crippen molar-refractivity contribution in [2.24, 2.45) is 0 Å². The quantitative estimate of drug-likeness (QED) is 0.543. The summed E-state index contributed by atoms with van der Waals surface area (Å²) in [6, 6.07) is 17.3. The second-order valence-electron chi connectivity index (χ2n) is 4.67. The number of imidazole rings is 1. The van der Waals surface area contributed by atoms with E-state index >= 15 is 0 Å². The fourth-order valence-electron chi connectivity index (χ4n) is 2.47. The Hall–Kier alpha value is -2.61. The number of H-pyrrole nitrogens is 1. The van der Waals surface area contributed by atoms with Crippen LogP contribution in [0.15, 0.2) is 67.5 Å². The van der Waals surface area contributed by atoms with Gasteiger partial charge >= 0.3 is 0 Å². The van der Waals surface area contributed by atoms with E-state index in [-0.39, 0.29) is 0 Å². The lowest BCUT2D eigenvalue weighted by molar-refractivity contribution is 1.26. The predicted octanol–water partition coefficient (Wildman–Crippen LogP) is 4.31. The Morgan fingerprint density at radius 3 is 2.00 bits per heavy atom. The molecule has 0 spiro atoms. The van der Waals surface area contributed by atoms with E-state index in [4.69, 9.17) is 0 Å². The molecule has 0 atom stereocenters. The molecule has 1 aromatic heterocycles. The van der Waals surface area contributed by atoms with E-state index in [2.05, 4.69) is 65.1 Å². The molecule has 0 fully saturated rings. The van der Waals surface area contributed by atoms with Crippen LogP contribution in [-0.4, -0.2) is 9.97 Å². The first-order valence-corrected chi connectivity index (χ1v) is 6.66. The van der Waals surface area contributed by atoms with Crippen molar-refractivity contribution in [3.8, 4) is 11.1 Å². The van der Waals surface area contributed by atoms with Gasteiger partial charge in [-0.25, -0.2) is 4.98 Å². The van der Waals surface area contributed by atoms with Crippen LogP contribution in [-0.2, 0) is 6.42 Å². The maximum absolute atomic E-state index is 3.86. The monoisotopic (exact) mass is 260 g/mol. The van der Waals surface area contributed by atoms with E-state index in [1.165, 1.54) is 22.3 Å². The summed E-state index contributed by atoms with van der Waals surface area (Å²) in [6.07, 6.45) is 6.22. The number of rotatable bonds is 1. The third kappa shape index (κ3) is 2.41. The number of benzene rings is 2. The molecular weight excluding hydrogens is 244 g/mol. The van der Waals surface area contributed by atoms with E-state index < -0.39 is 0 Å². The summed E-state index contributed by atoms with van der Waals surface area (Å²) < 4.78 is 0. The Morgan fingerprint density at radius 2 is 1.55 bits per heavy atom. The molecule has 3 aromatic rings. The molecule has 1 aliphatic rings. The fourth-order valence-corrected chi connectivity index (χ4v) is 2.47. The molecule has 98 valence electrons. The SMILES string of the molecule is C=Cc1ncc[nH]1.c1ccc2c(c1)Cc1ccccc1-2. The average molecular weight is 260 g/mol. The number of hydrogen-bond donors (Lipinski definition) is 1. The summed E-state index contributed by atoms with van der Waals surface area (Å²) in [7, 11) is 0. The summed E-state index contributed by atoms with van der Waals surface area (Å²) in [5, 5.41) is 0. The lowest BCUT2D eigenvalue weighted by atomic mass is 10.1. The summed E-state index contributed by atoms with van der Waals surface area (Å²) in [6.45, 7) is 3.51. The van der Waals surface area contributed by atoms with Crippen molar-refractivity contribution in [1.82, 2.24) is 9.97 Å². The molecule has 2 heteroatoms. The molecule has 1 heterocycles. The summed E-state index contributed by atoms with van der Waals surface area (Å²) in [5.41, 5.74) is 5.75. The van der Waals surface area contributed by atoms with Crippen molar-refractivity contribution in [2.45, 2.75) is 6.42 Å². The van der Waals surface area contributed by atoms with Crippen LogP contribution in [0.2, 0.25) is 0 Å². The van der Waals surface area contributed by atoms with Crippen LogP contribution in [0.5, 0.6) is 0 Å². The zero-order valence-electron chi connectivity index (χ0n) is 11.2. The third-order valence-electron chi connectivity index (χ3n) is 3.42. The minimum Gasteiger partial charge on any atom is -0.345 e. The molecular formula is C18H16N2. The number of nitrogens with one attached hydrogen (secondary N) is 1. The molecule has 1 aliphatic carbocycles. The smallest absolute Gasteiger partial charge is 0.129 e. The lowest BCUT2D eigenvalue weighted by Crippen LogP contribution is -1.77. The minimum atomic E-state index is 0.819. The number of fused-ring (bicyclic) bond motifs is 3. The van der Waals surface area contributed by atoms with Gasteiger partial charge in [-0.05, 0) is 34.8 Å². The number of aromatic nitrogens is 2. The van der Waals surface area contributed by atoms with Gasteiger partial charge in [0.05, 0.1) is 0 Å². The molecule has 0 amide bonds. The van der Waals surface area contributed by atoms with Crippen molar-refractivity contribution in [3.63, 3.8) is 0 Å². The van der Waals surface area contributed by atoms with Crippen molar-refractivity contribution < 1.29 is 0 Å². The number of nitrogens with zero attached hydrogens (tertiary/aromatic N) is 1. The zero-order valence-corrected chi connectivity index (χ0v) is 11.2. The lowest BCUT2D eigenvalue weighted by Gasteiger charge is -1.98. The summed E-state index contributed by atoms with van der Waals surface area (Å²) in [5.74, 6) is 0.819. The van der Waals surface area contributed by atoms with Gasteiger partial charge in [0, 0.05) is 12.4 Å². The van der Waals surface area contributed by atoms with Gasteiger partial charge in [0.25, 0.3) is 0 Å². The average Bonchev–Trinajstić information content (AvgIpc) is 3.15. The standard InChI is InChI=1S/C13H10.C5H6N2/c1-3-7-12-10(5-1)9-11-6-2-4-8-13(11)12;1-2-5-6-3-4-7-5/h1-8H,9H2;2-4H,1H2,(H,6,7). The Labute approximate surface area is 118 Å². The molecule has 2 nitrogen and oxygen atoms in total. The molecule has 0 bridgehead atoms. The first-order chi connectivity index (χ1) is 9.88. The first-order valence-electron chi connectivity index (χ1n) is 6.66. The van der Waals surface area contributed by atoms with Crippen LogP contribution in [0, 0.1) is 0 Å². The maximum Gasteiger partial charge on any atom is 0.129 e. The van der Waals surface area contributed by atoms with Crippen molar-refractivity contribution in [2.75, 3.05) is 0 Å². The Morgan fingerprint density at radius 1 is 0.950 bits per heavy atom. The van der Waals surface area contributed by atoms with Crippen LogP contribution in [0.25, 0.3) is 17.2 Å². The van der Waals surface area contributed by atoms with Crippen molar-refractivity contribution in [1.29, 1.82) is 0 Å². The zero-order chi connectivity index (χ0) is 13.8. The molecule has 2 aromatic carbocycles. The second kappa shape index (κ2) is 5.57. The molecule has 1 N–H and O–H groups in total. The highest BCUT2D eigenvalue weighted by molar-refractivity contribution is 5.76. The van der Waals surface area contributed by atoms with E-state index in [0.717, 1.165) is 12.2 Å². The third-order valence-corrected chi connectivity index (χ3v) is 3.42. The van der Waals surface area contributed by atoms with Crippen LogP contribution in [0.4, 0.5) is 0 Å². The predicted molar refractivity (Wildman–Crippen MR) is 83.4 cm³/mol. The van der Waals surface area contributed by atoms with Gasteiger partial charge in [-0.1, -0.05) is 55.1 Å². The van der Waals surface area contributed by atoms with E-state index in [1.54, 1.807) is 18.5 Å². The largest absolute Gasteiger partial charge is 0.345 e. The van der Waals surface area contributed by atoms with Crippen molar-refractivity contribution in [3.05, 3.63) is 84.5 Å². The van der Waals surface area contributed by atoms with Crippen LogP contribution in [0.1, 0.15) is 17.0 Å². The van der Waals surface area contributed by atoms with E-state index in [9.17, 15) is 0 Å². The van der Waals surface area contributed by atoms with Crippen LogP contribution < -0.4 is 0 Å². The molecule has 0 radical (unpaired) electrons. The Bertz CT molecular complexity index is 668. The Balaban J connectivity index is 0.000000147. The highest BCUT2D eigenvalue weighted by Gasteiger charge is 2.15. The molecule has 4 rings (SSSR count). The minimum absolute atomic E-state index is 0.819. The second-order valence-corrected chi connectivity index (χ2v) is 4.67. The van der Waals surface area contributed by atoms with Crippen LogP contribution in [0.3, 0.4) is 0 Å². The number of hydrogen-bond acceptors (Lipinski definition) is 1. The van der Waals surface area contributed by atoms with Gasteiger partial charge in [0.2, 0.25) is 0 Å². The maximum atomic E-state index is 3.86. The topological polar surface area (TPSA) is 28.7 Å².